The van der Waals surface area contributed by atoms with Gasteiger partial charge in [0.05, 0.1) is 6.54 Å². The van der Waals surface area contributed by atoms with Crippen LogP contribution in [0, 0.1) is 5.92 Å². The van der Waals surface area contributed by atoms with Crippen LogP contribution in [0.15, 0.2) is 53.5 Å². The van der Waals surface area contributed by atoms with Crippen molar-refractivity contribution < 1.29 is 0 Å². The molecular weight excluding hydrogens is 248 g/mol. The van der Waals surface area contributed by atoms with E-state index in [1.54, 1.807) is 16.7 Å². The van der Waals surface area contributed by atoms with E-state index in [9.17, 15) is 4.79 Å². The molecule has 0 spiro atoms. The highest BCUT2D eigenvalue weighted by Gasteiger charge is 2.19. The highest BCUT2D eigenvalue weighted by atomic mass is 16.1. The molecule has 3 heteroatoms. The molecule has 3 rings (SSSR count). The lowest BCUT2D eigenvalue weighted by Gasteiger charge is -2.07. The fourth-order valence-electron chi connectivity index (χ4n) is 2.29. The molecule has 1 aliphatic carbocycles. The van der Waals surface area contributed by atoms with Gasteiger partial charge < -0.3 is 9.88 Å². The van der Waals surface area contributed by atoms with Gasteiger partial charge in [-0.15, -0.1) is 0 Å². The molecule has 1 heterocycles. The first-order chi connectivity index (χ1) is 9.81. The number of rotatable bonds is 6. The summed E-state index contributed by atoms with van der Waals surface area (Å²) in [6, 6.07) is 13.7. The Hall–Kier alpha value is -1.87. The Bertz CT molecular complexity index is 611. The summed E-state index contributed by atoms with van der Waals surface area (Å²) in [6.07, 6.45) is 4.60. The fraction of sp³-hybridized carbons (Fsp3) is 0.353. The van der Waals surface area contributed by atoms with E-state index in [0.29, 0.717) is 6.54 Å². The number of benzene rings is 1. The number of aromatic nitrogens is 1. The van der Waals surface area contributed by atoms with Crippen LogP contribution in [0.1, 0.15) is 24.0 Å². The minimum Gasteiger partial charge on any atom is -0.312 e. The predicted molar refractivity (Wildman–Crippen MR) is 80.7 cm³/mol. The van der Waals surface area contributed by atoms with Crippen LogP contribution in [0.5, 0.6) is 0 Å². The van der Waals surface area contributed by atoms with Gasteiger partial charge in [0.1, 0.15) is 0 Å². The molecular formula is C17H20N2O. The van der Waals surface area contributed by atoms with Crippen LogP contribution >= 0.6 is 0 Å². The van der Waals surface area contributed by atoms with E-state index in [4.69, 9.17) is 0 Å². The molecule has 0 aliphatic heterocycles. The van der Waals surface area contributed by atoms with Crippen LogP contribution < -0.4 is 10.9 Å². The van der Waals surface area contributed by atoms with E-state index in [0.717, 1.165) is 24.6 Å². The summed E-state index contributed by atoms with van der Waals surface area (Å²) < 4.78 is 1.72. The van der Waals surface area contributed by atoms with Crippen LogP contribution in [-0.4, -0.2) is 11.1 Å². The van der Waals surface area contributed by atoms with Crippen LogP contribution in [0.4, 0.5) is 0 Å². The van der Waals surface area contributed by atoms with Crippen molar-refractivity contribution >= 4 is 0 Å². The topological polar surface area (TPSA) is 34.0 Å². The Morgan fingerprint density at radius 2 is 1.80 bits per heavy atom. The first-order valence-corrected chi connectivity index (χ1v) is 7.25. The second-order valence-electron chi connectivity index (χ2n) is 5.56. The minimum atomic E-state index is 0.0441. The van der Waals surface area contributed by atoms with Gasteiger partial charge in [0.15, 0.2) is 0 Å². The smallest absolute Gasteiger partial charge is 0.250 e. The summed E-state index contributed by atoms with van der Waals surface area (Å²) in [5.41, 5.74) is 2.50. The van der Waals surface area contributed by atoms with E-state index >= 15 is 0 Å². The first kappa shape index (κ1) is 13.1. The zero-order chi connectivity index (χ0) is 13.8. The molecule has 0 unspecified atom stereocenters. The van der Waals surface area contributed by atoms with E-state index in [-0.39, 0.29) is 5.56 Å². The number of nitrogens with zero attached hydrogens (tertiary/aromatic N) is 1. The third-order valence-electron chi connectivity index (χ3n) is 3.73. The lowest BCUT2D eigenvalue weighted by Crippen LogP contribution is -2.18. The molecule has 1 aliphatic rings. The summed E-state index contributed by atoms with van der Waals surface area (Å²) in [4.78, 5) is 11.7. The van der Waals surface area contributed by atoms with Crippen LogP contribution in [0.2, 0.25) is 0 Å². The summed E-state index contributed by atoms with van der Waals surface area (Å²) in [7, 11) is 0. The van der Waals surface area contributed by atoms with Crippen LogP contribution in [-0.2, 0) is 13.1 Å². The molecule has 20 heavy (non-hydrogen) atoms. The first-order valence-electron chi connectivity index (χ1n) is 7.25. The monoisotopic (exact) mass is 268 g/mol. The molecule has 0 atom stereocenters. The fourth-order valence-corrected chi connectivity index (χ4v) is 2.29. The molecule has 104 valence electrons. The largest absolute Gasteiger partial charge is 0.312 e. The molecule has 1 fully saturated rings. The lowest BCUT2D eigenvalue weighted by molar-refractivity contribution is 0.638. The standard InChI is InChI=1S/C17H20N2O/c20-17-3-1-2-10-19(17)13-16-8-6-15(7-9-16)12-18-11-14-4-5-14/h1-3,6-10,14,18H,4-5,11-13H2. The van der Waals surface area contributed by atoms with Gasteiger partial charge in [0.25, 0.3) is 5.56 Å². The van der Waals surface area contributed by atoms with Crippen molar-refractivity contribution in [1.82, 2.24) is 9.88 Å². The summed E-state index contributed by atoms with van der Waals surface area (Å²) in [5, 5.41) is 3.49. The number of pyridine rings is 1. The number of hydrogen-bond donors (Lipinski definition) is 1. The highest BCUT2D eigenvalue weighted by molar-refractivity contribution is 5.23. The highest BCUT2D eigenvalue weighted by Crippen LogP contribution is 2.27. The Labute approximate surface area is 119 Å². The second kappa shape index (κ2) is 6.06. The van der Waals surface area contributed by atoms with Gasteiger partial charge in [-0.25, -0.2) is 0 Å². The molecule has 0 radical (unpaired) electrons. The summed E-state index contributed by atoms with van der Waals surface area (Å²) >= 11 is 0. The van der Waals surface area contributed by atoms with Crippen molar-refractivity contribution in [3.63, 3.8) is 0 Å². The summed E-state index contributed by atoms with van der Waals surface area (Å²) in [5.74, 6) is 0.916. The third kappa shape index (κ3) is 3.58. The van der Waals surface area contributed by atoms with Gasteiger partial charge in [-0.3, -0.25) is 4.79 Å². The minimum absolute atomic E-state index is 0.0441. The predicted octanol–water partition coefficient (Wildman–Crippen LogP) is 2.40. The van der Waals surface area contributed by atoms with Crippen molar-refractivity contribution in [3.8, 4) is 0 Å². The molecule has 0 saturated heterocycles. The summed E-state index contributed by atoms with van der Waals surface area (Å²) in [6.45, 7) is 2.71. The average molecular weight is 268 g/mol. The van der Waals surface area contributed by atoms with Crippen molar-refractivity contribution in [2.45, 2.75) is 25.9 Å². The van der Waals surface area contributed by atoms with E-state index in [1.165, 1.54) is 18.4 Å². The van der Waals surface area contributed by atoms with Crippen molar-refractivity contribution in [3.05, 3.63) is 70.1 Å². The molecule has 1 aromatic carbocycles. The van der Waals surface area contributed by atoms with Crippen molar-refractivity contribution in [1.29, 1.82) is 0 Å². The maximum absolute atomic E-state index is 11.7. The van der Waals surface area contributed by atoms with Gasteiger partial charge in [-0.05, 0) is 42.5 Å². The molecule has 0 bridgehead atoms. The Kier molecular flexibility index (Phi) is 3.97. The number of hydrogen-bond acceptors (Lipinski definition) is 2. The van der Waals surface area contributed by atoms with Gasteiger partial charge in [0, 0.05) is 18.8 Å². The van der Waals surface area contributed by atoms with Crippen LogP contribution in [0.25, 0.3) is 0 Å². The van der Waals surface area contributed by atoms with E-state index < -0.39 is 0 Å². The quantitative estimate of drug-likeness (QED) is 0.873. The van der Waals surface area contributed by atoms with Gasteiger partial charge in [-0.2, -0.15) is 0 Å². The van der Waals surface area contributed by atoms with Crippen LogP contribution in [0.3, 0.4) is 0 Å². The van der Waals surface area contributed by atoms with E-state index in [1.807, 2.05) is 12.3 Å². The molecule has 1 N–H and O–H groups in total. The van der Waals surface area contributed by atoms with Crippen molar-refractivity contribution in [2.75, 3.05) is 6.54 Å². The molecule has 3 nitrogen and oxygen atoms in total. The number of nitrogens with one attached hydrogen (secondary N) is 1. The molecule has 2 aromatic rings. The molecule has 0 amide bonds. The second-order valence-corrected chi connectivity index (χ2v) is 5.56. The SMILES string of the molecule is O=c1ccccn1Cc1ccc(CNCC2CC2)cc1. The lowest BCUT2D eigenvalue weighted by atomic mass is 10.1. The van der Waals surface area contributed by atoms with Gasteiger partial charge >= 0.3 is 0 Å². The maximum Gasteiger partial charge on any atom is 0.250 e. The maximum atomic E-state index is 11.7. The average Bonchev–Trinajstić information content (AvgIpc) is 3.28. The normalized spacial score (nSPS) is 14.4. The van der Waals surface area contributed by atoms with Crippen molar-refractivity contribution in [2.24, 2.45) is 5.92 Å². The Morgan fingerprint density at radius 3 is 2.50 bits per heavy atom. The van der Waals surface area contributed by atoms with Gasteiger partial charge in [-0.1, -0.05) is 30.3 Å². The third-order valence-corrected chi connectivity index (χ3v) is 3.73. The van der Waals surface area contributed by atoms with Gasteiger partial charge in [0.2, 0.25) is 0 Å². The Balaban J connectivity index is 1.57. The Morgan fingerprint density at radius 1 is 1.05 bits per heavy atom. The van der Waals surface area contributed by atoms with E-state index in [2.05, 4.69) is 29.6 Å². The molecule has 1 saturated carbocycles. The zero-order valence-corrected chi connectivity index (χ0v) is 11.6. The molecule has 1 aromatic heterocycles. The zero-order valence-electron chi connectivity index (χ0n) is 11.6.